The predicted molar refractivity (Wildman–Crippen MR) is 90.8 cm³/mol. The highest BCUT2D eigenvalue weighted by Crippen LogP contribution is 2.25. The molecule has 6 heteroatoms. The normalized spacial score (nSPS) is 10.5. The zero-order valence-electron chi connectivity index (χ0n) is 13.1. The largest absolute Gasteiger partial charge is 0.340 e. The Kier molecular flexibility index (Phi) is 4.65. The monoisotopic (exact) mass is 326 g/mol. The third kappa shape index (κ3) is 3.48. The van der Waals surface area contributed by atoms with Crippen LogP contribution in [-0.2, 0) is 0 Å². The molecule has 0 bridgehead atoms. The zero-order chi connectivity index (χ0) is 16.9. The fourth-order valence-corrected chi connectivity index (χ4v) is 2.37. The van der Waals surface area contributed by atoms with E-state index in [1.807, 2.05) is 42.2 Å². The van der Waals surface area contributed by atoms with E-state index in [0.717, 1.165) is 24.4 Å². The Balaban J connectivity index is 1.86. The van der Waals surface area contributed by atoms with Gasteiger partial charge in [0.15, 0.2) is 11.6 Å². The molecule has 0 unspecified atom stereocenters. The highest BCUT2D eigenvalue weighted by Gasteiger charge is 2.10. The van der Waals surface area contributed by atoms with Crippen LogP contribution in [0.25, 0.3) is 0 Å². The van der Waals surface area contributed by atoms with Crippen LogP contribution in [0.2, 0.25) is 0 Å². The summed E-state index contributed by atoms with van der Waals surface area (Å²) in [5.74, 6) is -0.580. The minimum atomic E-state index is -0.909. The number of nitrogens with zero attached hydrogens (tertiary/aromatic N) is 3. The van der Waals surface area contributed by atoms with Gasteiger partial charge in [0.2, 0.25) is 0 Å². The summed E-state index contributed by atoms with van der Waals surface area (Å²) in [5, 5.41) is 2.96. The zero-order valence-corrected chi connectivity index (χ0v) is 13.1. The van der Waals surface area contributed by atoms with Crippen LogP contribution in [0.1, 0.15) is 6.92 Å². The highest BCUT2D eigenvalue weighted by atomic mass is 19.2. The average molecular weight is 326 g/mol. The maximum atomic E-state index is 13.3. The third-order valence-electron chi connectivity index (χ3n) is 3.51. The van der Waals surface area contributed by atoms with E-state index in [4.69, 9.17) is 0 Å². The van der Waals surface area contributed by atoms with Crippen LogP contribution < -0.4 is 10.2 Å². The molecular weight excluding hydrogens is 310 g/mol. The number of benzene rings is 2. The number of nitrogens with one attached hydrogen (secondary N) is 1. The molecule has 2 aromatic carbocycles. The van der Waals surface area contributed by atoms with Crippen LogP contribution >= 0.6 is 0 Å². The molecule has 1 aromatic heterocycles. The molecule has 0 aliphatic heterocycles. The molecule has 4 nitrogen and oxygen atoms in total. The molecule has 0 aliphatic rings. The molecular formula is C18H16F2N4. The van der Waals surface area contributed by atoms with E-state index in [-0.39, 0.29) is 0 Å². The summed E-state index contributed by atoms with van der Waals surface area (Å²) in [6.45, 7) is 2.75. The lowest BCUT2D eigenvalue weighted by Crippen LogP contribution is -2.17. The summed E-state index contributed by atoms with van der Waals surface area (Å²) in [6.07, 6.45) is 1.43. The van der Waals surface area contributed by atoms with Crippen molar-refractivity contribution >= 4 is 23.0 Å². The second-order valence-electron chi connectivity index (χ2n) is 5.10. The van der Waals surface area contributed by atoms with Crippen LogP contribution in [0.5, 0.6) is 0 Å². The smallest absolute Gasteiger partial charge is 0.160 e. The van der Waals surface area contributed by atoms with E-state index in [0.29, 0.717) is 17.3 Å². The summed E-state index contributed by atoms with van der Waals surface area (Å²) in [6, 6.07) is 15.2. The van der Waals surface area contributed by atoms with Gasteiger partial charge < -0.3 is 10.2 Å². The van der Waals surface area contributed by atoms with Gasteiger partial charge in [-0.25, -0.2) is 18.7 Å². The summed E-state index contributed by atoms with van der Waals surface area (Å²) < 4.78 is 26.3. The number of hydrogen-bond donors (Lipinski definition) is 1. The first-order valence-electron chi connectivity index (χ1n) is 7.54. The molecule has 0 spiro atoms. The van der Waals surface area contributed by atoms with Crippen molar-refractivity contribution in [2.24, 2.45) is 0 Å². The fourth-order valence-electron chi connectivity index (χ4n) is 2.37. The van der Waals surface area contributed by atoms with Crippen LogP contribution in [0, 0.1) is 11.6 Å². The molecule has 0 atom stereocenters. The molecule has 0 saturated heterocycles. The molecule has 0 amide bonds. The molecule has 0 aliphatic carbocycles. The van der Waals surface area contributed by atoms with Crippen molar-refractivity contribution in [3.63, 3.8) is 0 Å². The van der Waals surface area contributed by atoms with Crippen molar-refractivity contribution in [2.75, 3.05) is 16.8 Å². The van der Waals surface area contributed by atoms with Gasteiger partial charge in [-0.3, -0.25) is 0 Å². The second-order valence-corrected chi connectivity index (χ2v) is 5.10. The lowest BCUT2D eigenvalue weighted by Gasteiger charge is -2.22. The van der Waals surface area contributed by atoms with Crippen LogP contribution in [0.15, 0.2) is 60.9 Å². The summed E-state index contributed by atoms with van der Waals surface area (Å²) in [4.78, 5) is 10.5. The maximum Gasteiger partial charge on any atom is 0.160 e. The van der Waals surface area contributed by atoms with Crippen molar-refractivity contribution in [1.82, 2.24) is 9.97 Å². The standard InChI is InChI=1S/C18H16F2N4/c1-2-24(14-6-4-3-5-7-14)18-11-17(21-12-22-18)23-13-8-9-15(19)16(20)10-13/h3-12H,2H2,1H3,(H,21,22,23). The van der Waals surface area contributed by atoms with Gasteiger partial charge in [-0.1, -0.05) is 18.2 Å². The van der Waals surface area contributed by atoms with Crippen molar-refractivity contribution < 1.29 is 8.78 Å². The topological polar surface area (TPSA) is 41.0 Å². The summed E-state index contributed by atoms with van der Waals surface area (Å²) >= 11 is 0. The van der Waals surface area contributed by atoms with Crippen molar-refractivity contribution in [2.45, 2.75) is 6.92 Å². The van der Waals surface area contributed by atoms with Crippen LogP contribution in [0.4, 0.5) is 31.8 Å². The van der Waals surface area contributed by atoms with E-state index in [9.17, 15) is 8.78 Å². The number of rotatable bonds is 5. The van der Waals surface area contributed by atoms with Gasteiger partial charge in [0.1, 0.15) is 18.0 Å². The number of para-hydroxylation sites is 1. The van der Waals surface area contributed by atoms with Gasteiger partial charge in [-0.2, -0.15) is 0 Å². The quantitative estimate of drug-likeness (QED) is 0.740. The summed E-state index contributed by atoms with van der Waals surface area (Å²) in [7, 11) is 0. The first-order chi connectivity index (χ1) is 11.7. The Hall–Kier alpha value is -3.02. The lowest BCUT2D eigenvalue weighted by atomic mass is 10.2. The molecule has 1 N–H and O–H groups in total. The van der Waals surface area contributed by atoms with Gasteiger partial charge >= 0.3 is 0 Å². The van der Waals surface area contributed by atoms with E-state index in [1.165, 1.54) is 12.4 Å². The Morgan fingerprint density at radius 1 is 0.958 bits per heavy atom. The van der Waals surface area contributed by atoms with Crippen molar-refractivity contribution in [3.8, 4) is 0 Å². The molecule has 0 fully saturated rings. The second kappa shape index (κ2) is 7.04. The minimum Gasteiger partial charge on any atom is -0.340 e. The molecule has 0 saturated carbocycles. The number of aromatic nitrogens is 2. The predicted octanol–water partition coefficient (Wildman–Crippen LogP) is 4.66. The molecule has 24 heavy (non-hydrogen) atoms. The van der Waals surface area contributed by atoms with E-state index >= 15 is 0 Å². The Bertz CT molecular complexity index is 824. The van der Waals surface area contributed by atoms with Gasteiger partial charge in [-0.05, 0) is 31.2 Å². The first-order valence-corrected chi connectivity index (χ1v) is 7.54. The van der Waals surface area contributed by atoms with E-state index in [2.05, 4.69) is 15.3 Å². The Morgan fingerprint density at radius 3 is 2.46 bits per heavy atom. The molecule has 122 valence electrons. The Labute approximate surface area is 138 Å². The Morgan fingerprint density at radius 2 is 1.75 bits per heavy atom. The minimum absolute atomic E-state index is 0.418. The lowest BCUT2D eigenvalue weighted by molar-refractivity contribution is 0.509. The summed E-state index contributed by atoms with van der Waals surface area (Å²) in [5.41, 5.74) is 1.43. The van der Waals surface area contributed by atoms with Crippen molar-refractivity contribution in [3.05, 3.63) is 72.6 Å². The molecule has 1 heterocycles. The van der Waals surface area contributed by atoms with Gasteiger partial charge in [-0.15, -0.1) is 0 Å². The fraction of sp³-hybridized carbons (Fsp3) is 0.111. The van der Waals surface area contributed by atoms with E-state index < -0.39 is 11.6 Å². The van der Waals surface area contributed by atoms with Crippen LogP contribution in [-0.4, -0.2) is 16.5 Å². The number of anilines is 4. The third-order valence-corrected chi connectivity index (χ3v) is 3.51. The molecule has 0 radical (unpaired) electrons. The van der Waals surface area contributed by atoms with Crippen LogP contribution in [0.3, 0.4) is 0 Å². The first kappa shape index (κ1) is 15.9. The van der Waals surface area contributed by atoms with Gasteiger partial charge in [0.05, 0.1) is 0 Å². The number of halogens is 2. The SMILES string of the molecule is CCN(c1ccccc1)c1cc(Nc2ccc(F)c(F)c2)ncn1. The highest BCUT2D eigenvalue weighted by molar-refractivity contribution is 5.64. The maximum absolute atomic E-state index is 13.3. The van der Waals surface area contributed by atoms with Gasteiger partial charge in [0.25, 0.3) is 0 Å². The van der Waals surface area contributed by atoms with Crippen molar-refractivity contribution in [1.29, 1.82) is 0 Å². The molecule has 3 aromatic rings. The molecule has 3 rings (SSSR count). The van der Waals surface area contributed by atoms with E-state index in [1.54, 1.807) is 6.07 Å². The average Bonchev–Trinajstić information content (AvgIpc) is 2.60. The van der Waals surface area contributed by atoms with Gasteiger partial charge in [0, 0.05) is 30.1 Å². The number of hydrogen-bond acceptors (Lipinski definition) is 4.